The molecule has 2 unspecified atom stereocenters. The Hall–Kier alpha value is -0.0800. The summed E-state index contributed by atoms with van der Waals surface area (Å²) in [6.45, 7) is 7.67. The maximum absolute atomic E-state index is 5.66. The van der Waals surface area contributed by atoms with Gasteiger partial charge in [0.15, 0.2) is 5.96 Å². The van der Waals surface area contributed by atoms with Crippen LogP contribution < -0.4 is 5.32 Å². The molecule has 2 atom stereocenters. The van der Waals surface area contributed by atoms with E-state index in [2.05, 4.69) is 22.1 Å². The zero-order chi connectivity index (χ0) is 14.2. The van der Waals surface area contributed by atoms with E-state index < -0.39 is 0 Å². The van der Waals surface area contributed by atoms with E-state index in [-0.39, 0.29) is 24.0 Å². The largest absolute Gasteiger partial charge is 0.377 e. The van der Waals surface area contributed by atoms with E-state index in [0.29, 0.717) is 12.7 Å². The van der Waals surface area contributed by atoms with Gasteiger partial charge in [-0.3, -0.25) is 4.99 Å². The fourth-order valence-electron chi connectivity index (χ4n) is 2.94. The number of likely N-dealkylation sites (tertiary alicyclic amines) is 1. The topological polar surface area (TPSA) is 46.1 Å². The maximum Gasteiger partial charge on any atom is 0.193 e. The minimum atomic E-state index is 0. The van der Waals surface area contributed by atoms with Crippen molar-refractivity contribution in [2.75, 3.05) is 46.5 Å². The van der Waals surface area contributed by atoms with Crippen molar-refractivity contribution in [1.29, 1.82) is 0 Å². The minimum Gasteiger partial charge on any atom is -0.377 e. The van der Waals surface area contributed by atoms with Gasteiger partial charge in [0.2, 0.25) is 0 Å². The van der Waals surface area contributed by atoms with Crippen molar-refractivity contribution in [3.05, 3.63) is 0 Å². The van der Waals surface area contributed by atoms with Gasteiger partial charge in [-0.15, -0.1) is 24.0 Å². The Labute approximate surface area is 145 Å². The van der Waals surface area contributed by atoms with E-state index in [9.17, 15) is 0 Å². The monoisotopic (exact) mass is 411 g/mol. The highest BCUT2D eigenvalue weighted by molar-refractivity contribution is 14.0. The predicted molar refractivity (Wildman–Crippen MR) is 96.5 cm³/mol. The summed E-state index contributed by atoms with van der Waals surface area (Å²) in [5.74, 6) is 1.77. The minimum absolute atomic E-state index is 0. The molecule has 0 radical (unpaired) electrons. The summed E-state index contributed by atoms with van der Waals surface area (Å²) in [6.07, 6.45) is 5.22. The first-order valence-corrected chi connectivity index (χ1v) is 7.94. The van der Waals surface area contributed by atoms with Crippen LogP contribution in [0.2, 0.25) is 0 Å². The second kappa shape index (κ2) is 10.6. The maximum atomic E-state index is 5.66. The normalized spacial score (nSPS) is 26.6. The van der Waals surface area contributed by atoms with Crippen molar-refractivity contribution in [2.24, 2.45) is 10.9 Å². The molecule has 2 fully saturated rings. The lowest BCUT2D eigenvalue weighted by atomic mass is 10.0. The molecule has 6 heteroatoms. The first-order valence-electron chi connectivity index (χ1n) is 7.94. The zero-order valence-electron chi connectivity index (χ0n) is 13.3. The van der Waals surface area contributed by atoms with Crippen LogP contribution in [-0.2, 0) is 9.47 Å². The molecule has 0 aromatic rings. The third-order valence-corrected chi connectivity index (χ3v) is 4.03. The molecule has 2 aliphatic heterocycles. The number of aliphatic imine (C=N–C) groups is 1. The Balaban J connectivity index is 0.00000220. The predicted octanol–water partition coefficient (Wildman–Crippen LogP) is 2.11. The van der Waals surface area contributed by atoms with Crippen molar-refractivity contribution < 1.29 is 9.47 Å². The lowest BCUT2D eigenvalue weighted by molar-refractivity contribution is 0.0189. The molecule has 0 aromatic heterocycles. The van der Waals surface area contributed by atoms with Crippen molar-refractivity contribution in [2.45, 2.75) is 38.7 Å². The SMILES string of the molecule is CN=C(NCCOCC1CCCO1)N1CCCC(C)C1.I. The summed E-state index contributed by atoms with van der Waals surface area (Å²) >= 11 is 0. The van der Waals surface area contributed by atoms with Crippen LogP contribution in [-0.4, -0.2) is 63.5 Å². The molecule has 2 saturated heterocycles. The van der Waals surface area contributed by atoms with Crippen molar-refractivity contribution in [1.82, 2.24) is 10.2 Å². The first kappa shape index (κ1) is 19.0. The van der Waals surface area contributed by atoms with Crippen molar-refractivity contribution in [3.63, 3.8) is 0 Å². The highest BCUT2D eigenvalue weighted by atomic mass is 127. The molecular weight excluding hydrogens is 381 g/mol. The number of piperidine rings is 1. The number of nitrogens with one attached hydrogen (secondary N) is 1. The van der Waals surface area contributed by atoms with Gasteiger partial charge in [0.25, 0.3) is 0 Å². The molecule has 0 saturated carbocycles. The van der Waals surface area contributed by atoms with Gasteiger partial charge in [0.05, 0.1) is 19.3 Å². The first-order chi connectivity index (χ1) is 9.79. The molecule has 0 spiro atoms. The quantitative estimate of drug-likeness (QED) is 0.326. The molecule has 2 heterocycles. The van der Waals surface area contributed by atoms with Gasteiger partial charge in [-0.2, -0.15) is 0 Å². The van der Waals surface area contributed by atoms with E-state index in [1.165, 1.54) is 19.3 Å². The van der Waals surface area contributed by atoms with Gasteiger partial charge in [-0.25, -0.2) is 0 Å². The van der Waals surface area contributed by atoms with Gasteiger partial charge in [-0.1, -0.05) is 6.92 Å². The third-order valence-electron chi connectivity index (χ3n) is 4.03. The van der Waals surface area contributed by atoms with E-state index in [1.807, 2.05) is 7.05 Å². The molecule has 0 amide bonds. The number of ether oxygens (including phenoxy) is 2. The van der Waals surface area contributed by atoms with Gasteiger partial charge in [0, 0.05) is 33.3 Å². The lowest BCUT2D eigenvalue weighted by Gasteiger charge is -2.33. The number of halogens is 1. The summed E-state index contributed by atoms with van der Waals surface area (Å²) < 4.78 is 11.2. The number of hydrogen-bond donors (Lipinski definition) is 1. The van der Waals surface area contributed by atoms with Crippen LogP contribution in [0, 0.1) is 5.92 Å². The third kappa shape index (κ3) is 6.69. The van der Waals surface area contributed by atoms with Gasteiger partial charge in [-0.05, 0) is 31.6 Å². The molecule has 0 aliphatic carbocycles. The summed E-state index contributed by atoms with van der Waals surface area (Å²) in [6, 6.07) is 0. The molecule has 5 nitrogen and oxygen atoms in total. The van der Waals surface area contributed by atoms with Gasteiger partial charge >= 0.3 is 0 Å². The molecule has 2 rings (SSSR count). The van der Waals surface area contributed by atoms with Gasteiger partial charge < -0.3 is 19.7 Å². The highest BCUT2D eigenvalue weighted by Crippen LogP contribution is 2.15. The smallest absolute Gasteiger partial charge is 0.193 e. The van der Waals surface area contributed by atoms with Crippen LogP contribution >= 0.6 is 24.0 Å². The molecule has 1 N–H and O–H groups in total. The van der Waals surface area contributed by atoms with Crippen LogP contribution in [0.15, 0.2) is 4.99 Å². The summed E-state index contributed by atoms with van der Waals surface area (Å²) in [5.41, 5.74) is 0. The Morgan fingerprint density at radius 3 is 2.90 bits per heavy atom. The van der Waals surface area contributed by atoms with Gasteiger partial charge in [0.1, 0.15) is 0 Å². The summed E-state index contributed by atoms with van der Waals surface area (Å²) in [4.78, 5) is 6.73. The van der Waals surface area contributed by atoms with Crippen molar-refractivity contribution >= 4 is 29.9 Å². The number of nitrogens with zero attached hydrogens (tertiary/aromatic N) is 2. The van der Waals surface area contributed by atoms with E-state index in [4.69, 9.17) is 9.47 Å². The van der Waals surface area contributed by atoms with Crippen LogP contribution in [0.25, 0.3) is 0 Å². The lowest BCUT2D eigenvalue weighted by Crippen LogP contribution is -2.47. The van der Waals surface area contributed by atoms with Crippen molar-refractivity contribution in [3.8, 4) is 0 Å². The second-order valence-electron chi connectivity index (χ2n) is 5.88. The Morgan fingerprint density at radius 1 is 1.38 bits per heavy atom. The van der Waals surface area contributed by atoms with E-state index >= 15 is 0 Å². The fraction of sp³-hybridized carbons (Fsp3) is 0.933. The number of guanidine groups is 1. The number of rotatable bonds is 5. The zero-order valence-corrected chi connectivity index (χ0v) is 15.7. The molecule has 0 bridgehead atoms. The molecule has 124 valence electrons. The number of hydrogen-bond acceptors (Lipinski definition) is 3. The average Bonchev–Trinajstić information content (AvgIpc) is 2.96. The summed E-state index contributed by atoms with van der Waals surface area (Å²) in [5, 5.41) is 3.40. The van der Waals surface area contributed by atoms with Crippen LogP contribution in [0.1, 0.15) is 32.6 Å². The Bertz CT molecular complexity index is 309. The molecule has 2 aliphatic rings. The molecular formula is C15H30IN3O2. The fourth-order valence-corrected chi connectivity index (χ4v) is 2.94. The molecule has 21 heavy (non-hydrogen) atoms. The summed E-state index contributed by atoms with van der Waals surface area (Å²) in [7, 11) is 1.86. The average molecular weight is 411 g/mol. The van der Waals surface area contributed by atoms with Crippen LogP contribution in [0.3, 0.4) is 0 Å². The van der Waals surface area contributed by atoms with E-state index in [1.54, 1.807) is 0 Å². The standard InChI is InChI=1S/C15H29N3O2.HI/c1-13-5-3-8-18(11-13)15(16-2)17-7-10-19-12-14-6-4-9-20-14;/h13-14H,3-12H2,1-2H3,(H,16,17);1H. The second-order valence-corrected chi connectivity index (χ2v) is 5.88. The van der Waals surface area contributed by atoms with Crippen LogP contribution in [0.5, 0.6) is 0 Å². The van der Waals surface area contributed by atoms with Crippen LogP contribution in [0.4, 0.5) is 0 Å². The Morgan fingerprint density at radius 2 is 2.24 bits per heavy atom. The Kier molecular flexibility index (Phi) is 9.59. The highest BCUT2D eigenvalue weighted by Gasteiger charge is 2.19. The molecule has 0 aromatic carbocycles. The van der Waals surface area contributed by atoms with E-state index in [0.717, 1.165) is 51.1 Å².